The maximum absolute atomic E-state index is 15.2. The second-order valence-electron chi connectivity index (χ2n) is 33.2. The topological polar surface area (TPSA) is 492 Å². The minimum Gasteiger partial charge on any atom is -0.479 e. The number of imide groups is 1. The van der Waals surface area contributed by atoms with Gasteiger partial charge in [-0.25, -0.2) is 14.3 Å². The number of aliphatic hydroxyl groups is 4. The molecule has 3 aliphatic rings. The van der Waals surface area contributed by atoms with Crippen molar-refractivity contribution in [3.63, 3.8) is 0 Å². The zero-order valence-corrected chi connectivity index (χ0v) is 77.4. The third-order valence-corrected chi connectivity index (χ3v) is 23.1. The number of carboxylic acid groups (broad SMARTS) is 1. The van der Waals surface area contributed by atoms with Crippen LogP contribution >= 0.6 is 0 Å². The number of carbonyl (C=O) groups excluding carboxylic acids is 8. The van der Waals surface area contributed by atoms with Crippen LogP contribution in [0, 0.1) is 39.7 Å². The van der Waals surface area contributed by atoms with Gasteiger partial charge in [0.05, 0.1) is 198 Å². The van der Waals surface area contributed by atoms with E-state index in [1.165, 1.54) is 49.1 Å². The van der Waals surface area contributed by atoms with Crippen molar-refractivity contribution in [1.29, 1.82) is 0 Å². The second kappa shape index (κ2) is 59.9. The molecular weight excluding hydrogens is 1700 g/mol. The molecule has 40 heteroatoms. The van der Waals surface area contributed by atoms with Gasteiger partial charge in [0.25, 0.3) is 11.8 Å². The molecule has 16 atom stereocenters. The molecule has 0 bridgehead atoms. The molecule has 3 aliphatic heterocycles. The van der Waals surface area contributed by atoms with Crippen molar-refractivity contribution in [3.8, 4) is 5.75 Å². The van der Waals surface area contributed by atoms with Crippen LogP contribution in [-0.4, -0.2) is 359 Å². The summed E-state index contributed by atoms with van der Waals surface area (Å²) in [5.74, 6) is -7.14. The average molecular weight is 1850 g/mol. The van der Waals surface area contributed by atoms with E-state index in [0.29, 0.717) is 176 Å². The molecule has 130 heavy (non-hydrogen) atoms. The lowest BCUT2D eigenvalue weighted by molar-refractivity contribution is -0.387. The van der Waals surface area contributed by atoms with Gasteiger partial charge in [-0.1, -0.05) is 103 Å². The Morgan fingerprint density at radius 2 is 1.19 bits per heavy atom. The number of nitrogens with one attached hydrogen (secondary N) is 1. The largest absolute Gasteiger partial charge is 0.479 e. The van der Waals surface area contributed by atoms with Crippen LogP contribution in [0.5, 0.6) is 5.75 Å². The minimum atomic E-state index is -2.10. The van der Waals surface area contributed by atoms with E-state index in [-0.39, 0.29) is 92.2 Å². The number of aromatic nitrogens is 3. The van der Waals surface area contributed by atoms with E-state index >= 15 is 9.59 Å². The molecule has 2 fully saturated rings. The number of rotatable bonds is 69. The van der Waals surface area contributed by atoms with E-state index in [2.05, 4.69) is 15.6 Å². The van der Waals surface area contributed by atoms with Gasteiger partial charge in [-0.15, -0.1) is 5.10 Å². The number of nitro groups is 1. The number of ketones is 2. The molecule has 3 aromatic rings. The number of carbonyl (C=O) groups is 9. The van der Waals surface area contributed by atoms with Crippen LogP contribution in [0.4, 0.5) is 10.5 Å². The van der Waals surface area contributed by atoms with E-state index in [1.54, 1.807) is 88.9 Å². The van der Waals surface area contributed by atoms with Gasteiger partial charge in [0.15, 0.2) is 17.6 Å². The first-order valence-electron chi connectivity index (χ1n) is 45.1. The number of nitrogens with zero attached hydrogens (tertiary/aromatic N) is 8. The van der Waals surface area contributed by atoms with Gasteiger partial charge in [0, 0.05) is 104 Å². The van der Waals surface area contributed by atoms with E-state index in [9.17, 15) is 69.2 Å². The number of likely N-dealkylation sites (tertiary alicyclic amines) is 1. The Morgan fingerprint density at radius 3 is 1.71 bits per heavy atom. The summed E-state index contributed by atoms with van der Waals surface area (Å²) in [6.07, 6.45) is -6.53. The fourth-order valence-corrected chi connectivity index (χ4v) is 15.6. The number of Topliss-reactive ketones (excluding diaryl/α,β-unsaturated/α-hetero) is 2. The standard InChI is InChI=1S/C90H141N9O31/c1-13-61(6)79(74(116-11)57-77(104)97-32-20-26-69(97)84(117-12)62(7)86(109)91-63(8)80(105)64-22-16-14-17-23-64)94(9)87(110)68(59(2)3)56-71(101)78(60(4)5)95(10)90(113)129-73(65-27-28-72(70(54-65)99(114)115)128-89-83(108)81(106)82(107)85(130-89)88(111)112)55-66-58-96(93-92-66)33-35-119-37-39-121-41-43-123-45-47-125-49-51-127-53-52-126-50-48-124-46-44-122-42-40-120-38-36-118-34-21-25-67(100)24-18-15-19-31-98-75(102)29-30-76(98)103/h14,16-17,22-23,27-30,54,58-63,68-69,73-74,78-85,89,105-108H,13,15,18-21,24-26,31-53,55-57H2,1-12H3,(H,91,109)(H,111,112)/t61-,62+,63+,68-,69-,73?,74+,78-,79-,80+,81+,82+,83?,84+,85?,89-/m1/s1. The molecule has 3 unspecified atom stereocenters. The molecule has 4 heterocycles. The molecule has 40 nitrogen and oxygen atoms in total. The molecular formula is C90H141N9O31. The van der Waals surface area contributed by atoms with Gasteiger partial charge in [0.2, 0.25) is 24.0 Å². The highest BCUT2D eigenvalue weighted by molar-refractivity contribution is 6.12. The van der Waals surface area contributed by atoms with Crippen molar-refractivity contribution in [3.05, 3.63) is 93.8 Å². The first kappa shape index (κ1) is 110. The number of benzene rings is 2. The zero-order valence-electron chi connectivity index (χ0n) is 77.4. The van der Waals surface area contributed by atoms with Gasteiger partial charge in [-0.2, -0.15) is 0 Å². The highest BCUT2D eigenvalue weighted by atomic mass is 16.7. The van der Waals surface area contributed by atoms with Gasteiger partial charge in [0.1, 0.15) is 30.2 Å². The van der Waals surface area contributed by atoms with Crippen molar-refractivity contribution in [1.82, 2.24) is 39.9 Å². The van der Waals surface area contributed by atoms with Gasteiger partial charge >= 0.3 is 17.7 Å². The molecule has 6 amide bonds. The number of nitro benzene ring substituents is 1. The van der Waals surface area contributed by atoms with Gasteiger partial charge in [-0.3, -0.25) is 48.6 Å². The Morgan fingerprint density at radius 1 is 0.646 bits per heavy atom. The second-order valence-corrected chi connectivity index (χ2v) is 33.2. The summed E-state index contributed by atoms with van der Waals surface area (Å²) in [7, 11) is 5.95. The van der Waals surface area contributed by atoms with E-state index < -0.39 is 143 Å². The Kier molecular flexibility index (Phi) is 50.8. The lowest BCUT2D eigenvalue weighted by Crippen LogP contribution is -2.61. The lowest BCUT2D eigenvalue weighted by atomic mass is 9.83. The Hall–Kier alpha value is -8.53. The van der Waals surface area contributed by atoms with E-state index in [0.717, 1.165) is 29.9 Å². The highest BCUT2D eigenvalue weighted by Gasteiger charge is 2.50. The Labute approximate surface area is 761 Å². The predicted molar refractivity (Wildman–Crippen MR) is 467 cm³/mol. The fraction of sp³-hybridized carbons (Fsp3) is 0.722. The van der Waals surface area contributed by atoms with Gasteiger partial charge < -0.3 is 117 Å². The van der Waals surface area contributed by atoms with E-state index in [1.807, 2.05) is 19.9 Å². The SMILES string of the molecule is CC[C@@H](C)[C@H]([C@H](CC(=O)N1CCC[C@@H]1[C@@H](OC)[C@H](C)C(=O)N[C@@H](C)[C@H](O)c1ccccc1)OC)N(C)C(=O)[C@H](CC(=O)[C@@H](C(C)C)N(C)C(=O)OC(Cc1cn(CCOCCOCCOCCOCCOCCOCCOCCOCCOCCOCCCC(=O)CCCCCN2C(=O)C=CC2=O)nn1)c1ccc(O[C@@H]2OC(C(=O)O)[C@@H](O)[C@H](O)C2O)c([N+](=O)[O-])c1)C(C)C. The maximum Gasteiger partial charge on any atom is 0.410 e. The van der Waals surface area contributed by atoms with Crippen LogP contribution in [-0.2, 0) is 118 Å². The van der Waals surface area contributed by atoms with Crippen molar-refractivity contribution >= 4 is 58.9 Å². The number of hydrogen-bond acceptors (Lipinski definition) is 32. The summed E-state index contributed by atoms with van der Waals surface area (Å²) >= 11 is 0. The summed E-state index contributed by atoms with van der Waals surface area (Å²) in [4.78, 5) is 138. The minimum absolute atomic E-state index is 0.00890. The summed E-state index contributed by atoms with van der Waals surface area (Å²) in [5.41, 5.74) is 0.0863. The molecule has 0 saturated carbocycles. The monoisotopic (exact) mass is 1840 g/mol. The molecule has 2 aromatic carbocycles. The smallest absolute Gasteiger partial charge is 0.410 e. The molecule has 6 N–H and O–H groups in total. The van der Waals surface area contributed by atoms with Crippen LogP contribution in [0.2, 0.25) is 0 Å². The molecule has 6 rings (SSSR count). The van der Waals surface area contributed by atoms with Crippen LogP contribution in [0.1, 0.15) is 155 Å². The lowest BCUT2D eigenvalue weighted by Gasteiger charge is -2.41. The van der Waals surface area contributed by atoms with Crippen molar-refractivity contribution in [2.24, 2.45) is 29.6 Å². The van der Waals surface area contributed by atoms with Crippen LogP contribution < -0.4 is 10.1 Å². The van der Waals surface area contributed by atoms with Crippen LogP contribution in [0.15, 0.2) is 66.9 Å². The van der Waals surface area contributed by atoms with E-state index in [4.69, 9.17) is 71.1 Å². The number of aliphatic carboxylic acids is 1. The number of hydrogen-bond donors (Lipinski definition) is 6. The molecule has 0 spiro atoms. The first-order valence-corrected chi connectivity index (χ1v) is 45.1. The zero-order chi connectivity index (χ0) is 95.2. The molecule has 0 aliphatic carbocycles. The normalized spacial score (nSPS) is 19.3. The fourth-order valence-electron chi connectivity index (χ4n) is 15.6. The number of likely N-dealkylation sites (N-methyl/N-ethyl adjacent to an activating group) is 2. The highest BCUT2D eigenvalue weighted by Crippen LogP contribution is 2.37. The summed E-state index contributed by atoms with van der Waals surface area (Å²) < 4.78 is 86.6. The first-order chi connectivity index (χ1) is 62.3. The number of ether oxygens (including phenoxy) is 15. The number of unbranched alkanes of at least 4 members (excludes halogenated alkanes) is 2. The van der Waals surface area contributed by atoms with Crippen LogP contribution in [0.3, 0.4) is 0 Å². The Bertz CT molecular complexity index is 3900. The van der Waals surface area contributed by atoms with Crippen LogP contribution in [0.25, 0.3) is 0 Å². The molecule has 2 saturated heterocycles. The van der Waals surface area contributed by atoms with Gasteiger partial charge in [-0.05, 0) is 74.0 Å². The number of aliphatic hydroxyl groups excluding tert-OH is 4. The number of amides is 6. The predicted octanol–water partition coefficient (Wildman–Crippen LogP) is 5.22. The summed E-state index contributed by atoms with van der Waals surface area (Å²) in [6, 6.07) is 9.34. The third-order valence-electron chi connectivity index (χ3n) is 23.1. The maximum atomic E-state index is 15.2. The average Bonchev–Trinajstić information content (AvgIpc) is 0.862. The van der Waals surface area contributed by atoms with Crippen molar-refractivity contribution < 1.29 is 145 Å². The number of methoxy groups -OCH3 is 2. The Balaban J connectivity index is 0.913. The summed E-state index contributed by atoms with van der Waals surface area (Å²) in [6.45, 7) is 22.6. The third kappa shape index (κ3) is 36.5. The number of carboxylic acids is 1. The van der Waals surface area contributed by atoms with Crippen molar-refractivity contribution in [2.45, 2.75) is 218 Å². The molecule has 0 radical (unpaired) electrons. The quantitative estimate of drug-likeness (QED) is 0.0182. The molecule has 732 valence electrons. The molecule has 1 aromatic heterocycles. The van der Waals surface area contributed by atoms with Crippen molar-refractivity contribution in [2.75, 3.05) is 174 Å². The summed E-state index contributed by atoms with van der Waals surface area (Å²) in [5, 5.41) is 76.6.